The fourth-order valence-electron chi connectivity index (χ4n) is 4.89. The van der Waals surface area contributed by atoms with Gasteiger partial charge in [0.1, 0.15) is 5.75 Å². The van der Waals surface area contributed by atoms with E-state index in [-0.39, 0.29) is 6.04 Å². The molecular formula is C32H29NO. The molecule has 0 aliphatic carbocycles. The van der Waals surface area contributed by atoms with Crippen molar-refractivity contribution in [3.63, 3.8) is 0 Å². The SMILES string of the molecule is Cc1cc2ccccc2c(-c2c(C)cccc2CNC(c2ccccc2)c2ccccc2)c1O. The Bertz CT molecular complexity index is 1380. The highest BCUT2D eigenvalue weighted by molar-refractivity contribution is 6.02. The highest BCUT2D eigenvalue weighted by atomic mass is 16.3. The van der Waals surface area contributed by atoms with E-state index in [0.29, 0.717) is 12.3 Å². The minimum absolute atomic E-state index is 0.0682. The molecule has 0 amide bonds. The normalized spacial score (nSPS) is 11.3. The van der Waals surface area contributed by atoms with Gasteiger partial charge in [0.2, 0.25) is 0 Å². The summed E-state index contributed by atoms with van der Waals surface area (Å²) in [7, 11) is 0. The Hall–Kier alpha value is -3.88. The highest BCUT2D eigenvalue weighted by Gasteiger charge is 2.19. The standard InChI is InChI=1S/C32H29NO/c1-22-12-11-18-27(29(22)30-28-19-10-9-17-26(28)20-23(2)32(30)34)21-33-31(24-13-5-3-6-14-24)25-15-7-4-8-16-25/h3-20,31,33-34H,21H2,1-2H3. The van der Waals surface area contributed by atoms with Crippen LogP contribution in [0.15, 0.2) is 109 Å². The fourth-order valence-corrected chi connectivity index (χ4v) is 4.89. The summed E-state index contributed by atoms with van der Waals surface area (Å²) >= 11 is 0. The highest BCUT2D eigenvalue weighted by Crippen LogP contribution is 2.42. The van der Waals surface area contributed by atoms with Gasteiger partial charge in [-0.25, -0.2) is 0 Å². The van der Waals surface area contributed by atoms with Crippen molar-refractivity contribution in [3.05, 3.63) is 137 Å². The largest absolute Gasteiger partial charge is 0.507 e. The smallest absolute Gasteiger partial charge is 0.126 e. The molecule has 0 heterocycles. The van der Waals surface area contributed by atoms with Crippen LogP contribution in [-0.4, -0.2) is 5.11 Å². The lowest BCUT2D eigenvalue weighted by molar-refractivity contribution is 0.474. The first-order chi connectivity index (χ1) is 16.6. The maximum Gasteiger partial charge on any atom is 0.126 e. The molecule has 0 bridgehead atoms. The lowest BCUT2D eigenvalue weighted by Crippen LogP contribution is -2.22. The summed E-state index contributed by atoms with van der Waals surface area (Å²) < 4.78 is 0. The monoisotopic (exact) mass is 443 g/mol. The van der Waals surface area contributed by atoms with Crippen LogP contribution in [0.3, 0.4) is 0 Å². The molecule has 2 nitrogen and oxygen atoms in total. The molecule has 0 saturated carbocycles. The van der Waals surface area contributed by atoms with Gasteiger partial charge in [-0.1, -0.05) is 103 Å². The van der Waals surface area contributed by atoms with Crippen LogP contribution < -0.4 is 5.32 Å². The topological polar surface area (TPSA) is 32.3 Å². The Labute approximate surface area is 201 Å². The number of phenolic OH excluding ortho intramolecular Hbond substituents is 1. The summed E-state index contributed by atoms with van der Waals surface area (Å²) in [5.41, 5.74) is 7.69. The number of aromatic hydroxyl groups is 1. The average molecular weight is 444 g/mol. The number of benzene rings is 5. The first-order valence-electron chi connectivity index (χ1n) is 11.8. The summed E-state index contributed by atoms with van der Waals surface area (Å²) in [6, 6.07) is 37.9. The van der Waals surface area contributed by atoms with Crippen LogP contribution in [0.5, 0.6) is 5.75 Å². The molecule has 2 N–H and O–H groups in total. The van der Waals surface area contributed by atoms with E-state index in [1.54, 1.807) is 0 Å². The summed E-state index contributed by atoms with van der Waals surface area (Å²) in [4.78, 5) is 0. The van der Waals surface area contributed by atoms with Gasteiger partial charge in [-0.2, -0.15) is 0 Å². The number of hydrogen-bond acceptors (Lipinski definition) is 2. The van der Waals surface area contributed by atoms with E-state index in [9.17, 15) is 5.11 Å². The molecule has 0 atom stereocenters. The molecule has 0 spiro atoms. The van der Waals surface area contributed by atoms with E-state index in [2.05, 4.69) is 109 Å². The third-order valence-electron chi connectivity index (χ3n) is 6.58. The number of aryl methyl sites for hydroxylation is 2. The van der Waals surface area contributed by atoms with Crippen LogP contribution in [0.4, 0.5) is 0 Å². The van der Waals surface area contributed by atoms with Crippen molar-refractivity contribution in [2.45, 2.75) is 26.4 Å². The van der Waals surface area contributed by atoms with Crippen molar-refractivity contribution < 1.29 is 5.11 Å². The molecule has 0 aliphatic rings. The van der Waals surface area contributed by atoms with E-state index < -0.39 is 0 Å². The second-order valence-electron chi connectivity index (χ2n) is 8.88. The van der Waals surface area contributed by atoms with Gasteiger partial charge in [0.15, 0.2) is 0 Å². The summed E-state index contributed by atoms with van der Waals surface area (Å²) in [6.07, 6.45) is 0. The Morgan fingerprint density at radius 1 is 0.647 bits per heavy atom. The van der Waals surface area contributed by atoms with Gasteiger partial charge in [0, 0.05) is 12.1 Å². The fraction of sp³-hybridized carbons (Fsp3) is 0.125. The summed E-state index contributed by atoms with van der Waals surface area (Å²) in [5, 5.41) is 17.2. The number of hydrogen-bond donors (Lipinski definition) is 2. The van der Waals surface area contributed by atoms with Gasteiger partial charge in [0.05, 0.1) is 6.04 Å². The van der Waals surface area contributed by atoms with Gasteiger partial charge in [-0.15, -0.1) is 0 Å². The molecule has 34 heavy (non-hydrogen) atoms. The maximum absolute atomic E-state index is 11.2. The van der Waals surface area contributed by atoms with Crippen molar-refractivity contribution in [2.75, 3.05) is 0 Å². The minimum atomic E-state index is 0.0682. The number of fused-ring (bicyclic) bond motifs is 1. The predicted octanol–water partition coefficient (Wildman–Crippen LogP) is 7.71. The number of nitrogens with one attached hydrogen (secondary N) is 1. The van der Waals surface area contributed by atoms with Crippen molar-refractivity contribution in [1.29, 1.82) is 0 Å². The van der Waals surface area contributed by atoms with Gasteiger partial charge in [-0.05, 0) is 64.1 Å². The Morgan fingerprint density at radius 3 is 1.94 bits per heavy atom. The predicted molar refractivity (Wildman–Crippen MR) is 142 cm³/mol. The van der Waals surface area contributed by atoms with Crippen molar-refractivity contribution in [1.82, 2.24) is 5.32 Å². The number of phenols is 1. The van der Waals surface area contributed by atoms with Crippen molar-refractivity contribution in [3.8, 4) is 16.9 Å². The average Bonchev–Trinajstić information content (AvgIpc) is 2.87. The molecule has 5 aromatic rings. The second-order valence-corrected chi connectivity index (χ2v) is 8.88. The zero-order chi connectivity index (χ0) is 23.5. The first kappa shape index (κ1) is 21.9. The van der Waals surface area contributed by atoms with Gasteiger partial charge >= 0.3 is 0 Å². The molecular weight excluding hydrogens is 414 g/mol. The molecule has 0 unspecified atom stereocenters. The molecule has 0 saturated heterocycles. The van der Waals surface area contributed by atoms with Crippen molar-refractivity contribution >= 4 is 10.8 Å². The van der Waals surface area contributed by atoms with E-state index in [0.717, 1.165) is 33.0 Å². The second kappa shape index (κ2) is 9.54. The molecule has 2 heteroatoms. The summed E-state index contributed by atoms with van der Waals surface area (Å²) in [5.74, 6) is 0.358. The van der Waals surface area contributed by atoms with E-state index in [1.807, 2.05) is 19.1 Å². The molecule has 0 aromatic heterocycles. The third-order valence-corrected chi connectivity index (χ3v) is 6.58. The molecule has 5 aromatic carbocycles. The summed E-state index contributed by atoms with van der Waals surface area (Å²) in [6.45, 7) is 4.77. The zero-order valence-corrected chi connectivity index (χ0v) is 19.6. The molecule has 168 valence electrons. The van der Waals surface area contributed by atoms with Gasteiger partial charge in [0.25, 0.3) is 0 Å². The first-order valence-corrected chi connectivity index (χ1v) is 11.8. The van der Waals surface area contributed by atoms with Gasteiger partial charge < -0.3 is 10.4 Å². The van der Waals surface area contributed by atoms with Crippen LogP contribution in [-0.2, 0) is 6.54 Å². The Kier molecular flexibility index (Phi) is 6.16. The van der Waals surface area contributed by atoms with Gasteiger partial charge in [-0.3, -0.25) is 0 Å². The maximum atomic E-state index is 11.2. The molecule has 5 rings (SSSR count). The van der Waals surface area contributed by atoms with E-state index >= 15 is 0 Å². The van der Waals surface area contributed by atoms with Crippen molar-refractivity contribution in [2.24, 2.45) is 0 Å². The third kappa shape index (κ3) is 4.21. The lowest BCUT2D eigenvalue weighted by Gasteiger charge is -2.23. The van der Waals surface area contributed by atoms with Crippen LogP contribution in [0, 0.1) is 13.8 Å². The van der Waals surface area contributed by atoms with E-state index in [4.69, 9.17) is 0 Å². The number of rotatable bonds is 6. The Morgan fingerprint density at radius 2 is 1.26 bits per heavy atom. The zero-order valence-electron chi connectivity index (χ0n) is 19.6. The molecule has 0 fully saturated rings. The minimum Gasteiger partial charge on any atom is -0.507 e. The van der Waals surface area contributed by atoms with Crippen LogP contribution in [0.2, 0.25) is 0 Å². The van der Waals surface area contributed by atoms with Crippen LogP contribution in [0.25, 0.3) is 21.9 Å². The Balaban J connectivity index is 1.60. The van der Waals surface area contributed by atoms with Crippen LogP contribution in [0.1, 0.15) is 33.9 Å². The lowest BCUT2D eigenvalue weighted by atomic mass is 9.88. The van der Waals surface area contributed by atoms with Crippen LogP contribution >= 0.6 is 0 Å². The molecule has 0 radical (unpaired) electrons. The van der Waals surface area contributed by atoms with E-state index in [1.165, 1.54) is 16.7 Å². The quantitative estimate of drug-likeness (QED) is 0.282. The molecule has 0 aliphatic heterocycles.